The van der Waals surface area contributed by atoms with E-state index in [0.29, 0.717) is 0 Å². The number of likely N-dealkylation sites (N-methyl/N-ethyl adjacent to an activating group) is 1. The molecule has 0 saturated carbocycles. The Hall–Kier alpha value is -1.84. The predicted molar refractivity (Wildman–Crippen MR) is 73.5 cm³/mol. The van der Waals surface area contributed by atoms with Crippen molar-refractivity contribution in [3.05, 3.63) is 0 Å². The molecule has 1 aliphatic rings. The van der Waals surface area contributed by atoms with Gasteiger partial charge in [0, 0.05) is 13.1 Å². The molecule has 0 aliphatic carbocycles. The van der Waals surface area contributed by atoms with Gasteiger partial charge in [-0.25, -0.2) is 13.2 Å². The third-order valence-corrected chi connectivity index (χ3v) is 4.95. The summed E-state index contributed by atoms with van der Waals surface area (Å²) in [6.45, 7) is 0.827. The van der Waals surface area contributed by atoms with E-state index in [-0.39, 0.29) is 17.9 Å². The summed E-state index contributed by atoms with van der Waals surface area (Å²) in [6.07, 6.45) is 0.192. The van der Waals surface area contributed by atoms with Crippen molar-refractivity contribution >= 4 is 27.7 Å². The number of nitrogens with zero attached hydrogens (tertiary/aromatic N) is 1. The van der Waals surface area contributed by atoms with E-state index in [2.05, 4.69) is 10.6 Å². The molecule has 0 aromatic rings. The second-order valence-electron chi connectivity index (χ2n) is 4.86. The van der Waals surface area contributed by atoms with Crippen LogP contribution in [0, 0.1) is 0 Å². The van der Waals surface area contributed by atoms with Crippen LogP contribution >= 0.6 is 0 Å². The lowest BCUT2D eigenvalue weighted by Gasteiger charge is -2.28. The number of carboxylic acids is 1. The van der Waals surface area contributed by atoms with Crippen molar-refractivity contribution in [3.63, 3.8) is 0 Å². The molecule has 0 aromatic heterocycles. The Morgan fingerprint density at radius 3 is 2.43 bits per heavy atom. The topological polar surface area (TPSA) is 133 Å². The molecule has 3 N–H and O–H groups in total. The molecule has 10 heteroatoms. The molecule has 3 amide bonds. The lowest BCUT2D eigenvalue weighted by Crippen LogP contribution is -2.53. The third-order valence-electron chi connectivity index (χ3n) is 3.20. The van der Waals surface area contributed by atoms with Gasteiger partial charge in [0.1, 0.15) is 12.6 Å². The minimum atomic E-state index is -3.25. The van der Waals surface area contributed by atoms with Gasteiger partial charge in [0.15, 0.2) is 9.84 Å². The smallest absolute Gasteiger partial charge is 0.323 e. The van der Waals surface area contributed by atoms with Crippen LogP contribution in [0.5, 0.6) is 0 Å². The molecule has 0 spiro atoms. The summed E-state index contributed by atoms with van der Waals surface area (Å²) in [4.78, 5) is 35.3. The van der Waals surface area contributed by atoms with Gasteiger partial charge in [-0.05, 0) is 13.3 Å². The summed E-state index contributed by atoms with van der Waals surface area (Å²) >= 11 is 0. The molecule has 9 nitrogen and oxygen atoms in total. The second kappa shape index (κ2) is 6.74. The Labute approximate surface area is 122 Å². The van der Waals surface area contributed by atoms with Crippen LogP contribution in [-0.4, -0.2) is 73.5 Å². The zero-order valence-corrected chi connectivity index (χ0v) is 12.6. The summed E-state index contributed by atoms with van der Waals surface area (Å²) in [5.41, 5.74) is 0. The summed E-state index contributed by atoms with van der Waals surface area (Å²) in [5.74, 6) is -2.02. The maximum Gasteiger partial charge on any atom is 0.323 e. The fraction of sp³-hybridized carbons (Fsp3) is 0.727. The maximum atomic E-state index is 12.1. The molecule has 2 atom stereocenters. The average Bonchev–Trinajstić information content (AvgIpc) is 2.74. The SMILES string of the molecule is CNC(=O)C(C)NC(=O)N(CC(=O)O)C1CCS(=O)(=O)C1. The molecule has 0 radical (unpaired) electrons. The predicted octanol–water partition coefficient (Wildman–Crippen LogP) is -1.60. The second-order valence-corrected chi connectivity index (χ2v) is 7.09. The number of hydrogen-bond donors (Lipinski definition) is 3. The quantitative estimate of drug-likeness (QED) is 0.559. The largest absolute Gasteiger partial charge is 0.480 e. The lowest BCUT2D eigenvalue weighted by atomic mass is 10.2. The maximum absolute atomic E-state index is 12.1. The van der Waals surface area contributed by atoms with E-state index in [1.165, 1.54) is 14.0 Å². The van der Waals surface area contributed by atoms with Crippen LogP contribution in [0.3, 0.4) is 0 Å². The van der Waals surface area contributed by atoms with E-state index in [9.17, 15) is 22.8 Å². The lowest BCUT2D eigenvalue weighted by molar-refractivity contribution is -0.138. The van der Waals surface area contributed by atoms with Gasteiger partial charge in [-0.2, -0.15) is 0 Å². The molecule has 2 unspecified atom stereocenters. The number of hydrogen-bond acceptors (Lipinski definition) is 5. The Morgan fingerprint density at radius 2 is 2.00 bits per heavy atom. The van der Waals surface area contributed by atoms with Crippen molar-refractivity contribution in [2.24, 2.45) is 0 Å². The zero-order chi connectivity index (χ0) is 16.2. The van der Waals surface area contributed by atoms with E-state index in [0.717, 1.165) is 4.90 Å². The molecule has 1 heterocycles. The van der Waals surface area contributed by atoms with Crippen molar-refractivity contribution < 1.29 is 27.9 Å². The van der Waals surface area contributed by atoms with Crippen LogP contribution in [0.25, 0.3) is 0 Å². The minimum absolute atomic E-state index is 0.0773. The Kier molecular flexibility index (Phi) is 5.53. The number of urea groups is 1. The van der Waals surface area contributed by atoms with Gasteiger partial charge in [-0.1, -0.05) is 0 Å². The van der Waals surface area contributed by atoms with Gasteiger partial charge in [0.2, 0.25) is 5.91 Å². The van der Waals surface area contributed by atoms with Crippen molar-refractivity contribution in [1.29, 1.82) is 0 Å². The molecule has 120 valence electrons. The zero-order valence-electron chi connectivity index (χ0n) is 11.8. The van der Waals surface area contributed by atoms with Gasteiger partial charge in [-0.15, -0.1) is 0 Å². The minimum Gasteiger partial charge on any atom is -0.480 e. The number of aliphatic carboxylic acids is 1. The standard InChI is InChI=1S/C11H19N3O6S/c1-7(10(17)12-2)13-11(18)14(5-9(15)16)8-3-4-21(19,20)6-8/h7-8H,3-6H2,1-2H3,(H,12,17)(H,13,18)(H,15,16). The molecule has 1 fully saturated rings. The molecule has 1 rings (SSSR count). The van der Waals surface area contributed by atoms with Crippen molar-refractivity contribution in [3.8, 4) is 0 Å². The highest BCUT2D eigenvalue weighted by Gasteiger charge is 2.36. The summed E-state index contributed by atoms with van der Waals surface area (Å²) < 4.78 is 22.9. The number of amides is 3. The van der Waals surface area contributed by atoms with E-state index in [1.54, 1.807) is 0 Å². The summed E-state index contributed by atoms with van der Waals surface area (Å²) in [5, 5.41) is 13.6. The molecular formula is C11H19N3O6S. The number of rotatable bonds is 5. The van der Waals surface area contributed by atoms with Crippen LogP contribution < -0.4 is 10.6 Å². The van der Waals surface area contributed by atoms with Crippen LogP contribution in [0.2, 0.25) is 0 Å². The summed E-state index contributed by atoms with van der Waals surface area (Å²) in [7, 11) is -1.85. The molecule has 0 aromatic carbocycles. The van der Waals surface area contributed by atoms with Crippen molar-refractivity contribution in [2.75, 3.05) is 25.1 Å². The van der Waals surface area contributed by atoms with E-state index >= 15 is 0 Å². The highest BCUT2D eigenvalue weighted by Crippen LogP contribution is 2.17. The molecule has 0 bridgehead atoms. The van der Waals surface area contributed by atoms with Crippen molar-refractivity contribution in [1.82, 2.24) is 15.5 Å². The number of nitrogens with one attached hydrogen (secondary N) is 2. The first-order valence-corrected chi connectivity index (χ1v) is 8.19. The van der Waals surface area contributed by atoms with Crippen LogP contribution in [-0.2, 0) is 19.4 Å². The molecule has 1 aliphatic heterocycles. The van der Waals surface area contributed by atoms with Crippen molar-refractivity contribution in [2.45, 2.75) is 25.4 Å². The van der Waals surface area contributed by atoms with E-state index in [1.807, 2.05) is 0 Å². The highest BCUT2D eigenvalue weighted by molar-refractivity contribution is 7.91. The average molecular weight is 321 g/mol. The first-order valence-electron chi connectivity index (χ1n) is 6.37. The fourth-order valence-corrected chi connectivity index (χ4v) is 3.81. The number of carboxylic acid groups (broad SMARTS) is 1. The first kappa shape index (κ1) is 17.2. The first-order chi connectivity index (χ1) is 9.66. The number of carbonyl (C=O) groups is 3. The van der Waals surface area contributed by atoms with Gasteiger partial charge >= 0.3 is 12.0 Å². The number of carbonyl (C=O) groups excluding carboxylic acids is 2. The van der Waals surface area contributed by atoms with Gasteiger partial charge < -0.3 is 20.6 Å². The Morgan fingerprint density at radius 1 is 1.38 bits per heavy atom. The van der Waals surface area contributed by atoms with Gasteiger partial charge in [0.25, 0.3) is 0 Å². The summed E-state index contributed by atoms with van der Waals surface area (Å²) in [6, 6.07) is -2.31. The van der Waals surface area contributed by atoms with E-state index < -0.39 is 46.4 Å². The monoisotopic (exact) mass is 321 g/mol. The fourth-order valence-electron chi connectivity index (χ4n) is 2.08. The van der Waals surface area contributed by atoms with Gasteiger partial charge in [-0.3, -0.25) is 9.59 Å². The molecular weight excluding hydrogens is 302 g/mol. The Balaban J connectivity index is 2.80. The van der Waals surface area contributed by atoms with E-state index in [4.69, 9.17) is 5.11 Å². The van der Waals surface area contributed by atoms with Crippen LogP contribution in [0.15, 0.2) is 0 Å². The normalized spacial score (nSPS) is 21.3. The third kappa shape index (κ3) is 4.88. The van der Waals surface area contributed by atoms with Gasteiger partial charge in [0.05, 0.1) is 11.5 Å². The Bertz CT molecular complexity index is 532. The van der Waals surface area contributed by atoms with Crippen LogP contribution in [0.4, 0.5) is 4.79 Å². The van der Waals surface area contributed by atoms with Crippen LogP contribution in [0.1, 0.15) is 13.3 Å². The molecule has 1 saturated heterocycles. The highest BCUT2D eigenvalue weighted by atomic mass is 32.2. The number of sulfone groups is 1. The molecule has 21 heavy (non-hydrogen) atoms.